The van der Waals surface area contributed by atoms with Crippen LogP contribution in [0.25, 0.3) is 0 Å². The molecule has 1 amide bonds. The summed E-state index contributed by atoms with van der Waals surface area (Å²) >= 11 is 0. The van der Waals surface area contributed by atoms with Crippen LogP contribution in [-0.4, -0.2) is 61.7 Å². The third-order valence-electron chi connectivity index (χ3n) is 3.54. The first-order valence-electron chi connectivity index (χ1n) is 6.82. The number of carbonyl (C=O) groups excluding carboxylic acids is 1. The molecule has 1 aliphatic rings. The first-order valence-corrected chi connectivity index (χ1v) is 6.82. The molecule has 0 spiro atoms. The molecule has 22 heavy (non-hydrogen) atoms. The van der Waals surface area contributed by atoms with Crippen LogP contribution in [0.5, 0.6) is 5.75 Å². The van der Waals surface area contributed by atoms with Crippen molar-refractivity contribution in [2.75, 3.05) is 45.6 Å². The van der Waals surface area contributed by atoms with Gasteiger partial charge in [0.2, 0.25) is 0 Å². The van der Waals surface area contributed by atoms with Gasteiger partial charge in [0.05, 0.1) is 19.3 Å². The van der Waals surface area contributed by atoms with Crippen molar-refractivity contribution in [3.8, 4) is 5.75 Å². The molecule has 1 aromatic carbocycles. The second-order valence-corrected chi connectivity index (χ2v) is 5.14. The smallest absolute Gasteiger partial charge is 0.401 e. The van der Waals surface area contributed by atoms with Crippen LogP contribution in [-0.2, 0) is 0 Å². The fourth-order valence-corrected chi connectivity index (χ4v) is 2.41. The summed E-state index contributed by atoms with van der Waals surface area (Å²) in [7, 11) is 1.48. The molecule has 0 aromatic heterocycles. The minimum atomic E-state index is -4.21. The molecular formula is C14H18F3N3O2. The first kappa shape index (κ1) is 16.4. The number of carbonyl (C=O) groups is 1. The fourth-order valence-electron chi connectivity index (χ4n) is 2.41. The van der Waals surface area contributed by atoms with Crippen molar-refractivity contribution >= 4 is 11.6 Å². The number of hydrogen-bond donors (Lipinski definition) is 1. The third-order valence-corrected chi connectivity index (χ3v) is 3.54. The Labute approximate surface area is 126 Å². The summed E-state index contributed by atoms with van der Waals surface area (Å²) in [5, 5.41) is 0. The van der Waals surface area contributed by atoms with Crippen LogP contribution in [0.15, 0.2) is 18.2 Å². The molecule has 0 aliphatic carbocycles. The molecule has 5 nitrogen and oxygen atoms in total. The maximum absolute atomic E-state index is 12.3. The summed E-state index contributed by atoms with van der Waals surface area (Å²) < 4.78 is 42.0. The Hall–Kier alpha value is -1.96. The lowest BCUT2D eigenvalue weighted by atomic mass is 10.1. The molecule has 1 aromatic rings. The molecule has 1 aliphatic heterocycles. The number of piperazine rings is 1. The lowest BCUT2D eigenvalue weighted by molar-refractivity contribution is -0.148. The van der Waals surface area contributed by atoms with Crippen LogP contribution in [0, 0.1) is 0 Å². The number of rotatable bonds is 3. The Kier molecular flexibility index (Phi) is 4.80. The molecule has 0 unspecified atom stereocenters. The highest BCUT2D eigenvalue weighted by atomic mass is 19.4. The maximum atomic E-state index is 12.3. The van der Waals surface area contributed by atoms with E-state index in [9.17, 15) is 18.0 Å². The molecule has 0 bridgehead atoms. The van der Waals surface area contributed by atoms with Gasteiger partial charge in [-0.25, -0.2) is 0 Å². The van der Waals surface area contributed by atoms with Gasteiger partial charge < -0.3 is 15.4 Å². The minimum Gasteiger partial charge on any atom is -0.495 e. The quantitative estimate of drug-likeness (QED) is 0.860. The van der Waals surface area contributed by atoms with Crippen molar-refractivity contribution in [1.29, 1.82) is 0 Å². The van der Waals surface area contributed by atoms with E-state index in [1.807, 2.05) is 0 Å². The first-order chi connectivity index (χ1) is 10.3. The number of halogens is 3. The predicted octanol–water partition coefficient (Wildman–Crippen LogP) is 1.60. The Bertz CT molecular complexity index is 541. The van der Waals surface area contributed by atoms with Gasteiger partial charge in [0.25, 0.3) is 5.91 Å². The van der Waals surface area contributed by atoms with Gasteiger partial charge in [0.15, 0.2) is 0 Å². The SMILES string of the molecule is COc1ccc(C(=O)N2CCN(CC(F)(F)F)CC2)cc1N. The zero-order chi connectivity index (χ0) is 16.3. The Morgan fingerprint density at radius 1 is 1.27 bits per heavy atom. The molecule has 1 saturated heterocycles. The lowest BCUT2D eigenvalue weighted by Crippen LogP contribution is -2.50. The molecule has 0 saturated carbocycles. The number of anilines is 1. The molecule has 0 atom stereocenters. The van der Waals surface area contributed by atoms with Crippen molar-refractivity contribution in [2.45, 2.75) is 6.18 Å². The molecule has 2 rings (SSSR count). The van der Waals surface area contributed by atoms with E-state index >= 15 is 0 Å². The monoisotopic (exact) mass is 317 g/mol. The van der Waals surface area contributed by atoms with E-state index < -0.39 is 12.7 Å². The number of nitrogens with two attached hydrogens (primary N) is 1. The van der Waals surface area contributed by atoms with E-state index in [1.165, 1.54) is 23.0 Å². The van der Waals surface area contributed by atoms with Gasteiger partial charge in [0.1, 0.15) is 5.75 Å². The normalized spacial score (nSPS) is 16.6. The summed E-state index contributed by atoms with van der Waals surface area (Å²) in [6, 6.07) is 4.71. The largest absolute Gasteiger partial charge is 0.495 e. The summed E-state index contributed by atoms with van der Waals surface area (Å²) in [5.41, 5.74) is 6.52. The van der Waals surface area contributed by atoms with Crippen LogP contribution < -0.4 is 10.5 Å². The van der Waals surface area contributed by atoms with E-state index in [0.29, 0.717) is 17.0 Å². The van der Waals surface area contributed by atoms with Gasteiger partial charge in [-0.3, -0.25) is 9.69 Å². The number of alkyl halides is 3. The Balaban J connectivity index is 1.96. The second-order valence-electron chi connectivity index (χ2n) is 5.14. The predicted molar refractivity (Wildman–Crippen MR) is 75.8 cm³/mol. The molecule has 122 valence electrons. The topological polar surface area (TPSA) is 58.8 Å². The van der Waals surface area contributed by atoms with Crippen molar-refractivity contribution in [1.82, 2.24) is 9.80 Å². The zero-order valence-corrected chi connectivity index (χ0v) is 12.2. The fraction of sp³-hybridized carbons (Fsp3) is 0.500. The van der Waals surface area contributed by atoms with E-state index in [1.54, 1.807) is 12.1 Å². The summed E-state index contributed by atoms with van der Waals surface area (Å²) in [6.45, 7) is -0.0000172. The average molecular weight is 317 g/mol. The minimum absolute atomic E-state index is 0.205. The van der Waals surface area contributed by atoms with Gasteiger partial charge in [-0.05, 0) is 18.2 Å². The standard InChI is InChI=1S/C14H18F3N3O2/c1-22-12-3-2-10(8-11(12)18)13(21)20-6-4-19(5-7-20)9-14(15,16)17/h2-3,8H,4-7,9,18H2,1H3. The molecule has 2 N–H and O–H groups in total. The number of methoxy groups -OCH3 is 1. The maximum Gasteiger partial charge on any atom is 0.401 e. The van der Waals surface area contributed by atoms with Crippen LogP contribution in [0.1, 0.15) is 10.4 Å². The van der Waals surface area contributed by atoms with Crippen molar-refractivity contribution in [2.24, 2.45) is 0 Å². The molecule has 0 radical (unpaired) electrons. The van der Waals surface area contributed by atoms with Crippen molar-refractivity contribution < 1.29 is 22.7 Å². The number of nitrogen functional groups attached to an aromatic ring is 1. The summed E-state index contributed by atoms with van der Waals surface area (Å²) in [5.74, 6) is 0.243. The molecular weight excluding hydrogens is 299 g/mol. The molecule has 1 heterocycles. The number of benzene rings is 1. The lowest BCUT2D eigenvalue weighted by Gasteiger charge is -2.35. The van der Waals surface area contributed by atoms with Crippen LogP contribution in [0.4, 0.5) is 18.9 Å². The van der Waals surface area contributed by atoms with Crippen molar-refractivity contribution in [3.05, 3.63) is 23.8 Å². The van der Waals surface area contributed by atoms with Crippen LogP contribution >= 0.6 is 0 Å². The van der Waals surface area contributed by atoms with E-state index in [0.717, 1.165) is 0 Å². The third kappa shape index (κ3) is 4.03. The summed E-state index contributed by atoms with van der Waals surface area (Å²) in [4.78, 5) is 15.2. The van der Waals surface area contributed by atoms with Gasteiger partial charge in [-0.2, -0.15) is 13.2 Å². The van der Waals surface area contributed by atoms with Gasteiger partial charge >= 0.3 is 6.18 Å². The second kappa shape index (κ2) is 6.43. The van der Waals surface area contributed by atoms with Gasteiger partial charge in [0, 0.05) is 31.7 Å². The highest BCUT2D eigenvalue weighted by Crippen LogP contribution is 2.23. The molecule has 8 heteroatoms. The van der Waals surface area contributed by atoms with Gasteiger partial charge in [-0.15, -0.1) is 0 Å². The van der Waals surface area contributed by atoms with E-state index in [4.69, 9.17) is 10.5 Å². The highest BCUT2D eigenvalue weighted by Gasteiger charge is 2.33. The zero-order valence-electron chi connectivity index (χ0n) is 12.2. The van der Waals surface area contributed by atoms with Crippen molar-refractivity contribution in [3.63, 3.8) is 0 Å². The average Bonchev–Trinajstić information content (AvgIpc) is 2.45. The van der Waals surface area contributed by atoms with Crippen LogP contribution in [0.2, 0.25) is 0 Å². The van der Waals surface area contributed by atoms with Gasteiger partial charge in [-0.1, -0.05) is 0 Å². The Morgan fingerprint density at radius 3 is 2.41 bits per heavy atom. The van der Waals surface area contributed by atoms with E-state index in [-0.39, 0.29) is 32.1 Å². The highest BCUT2D eigenvalue weighted by molar-refractivity contribution is 5.95. The number of hydrogen-bond acceptors (Lipinski definition) is 4. The Morgan fingerprint density at radius 2 is 1.91 bits per heavy atom. The van der Waals surface area contributed by atoms with Crippen LogP contribution in [0.3, 0.4) is 0 Å². The van der Waals surface area contributed by atoms with E-state index in [2.05, 4.69) is 0 Å². The number of amides is 1. The molecule has 1 fully saturated rings. The number of nitrogens with zero attached hydrogens (tertiary/aromatic N) is 2. The summed E-state index contributed by atoms with van der Waals surface area (Å²) in [6.07, 6.45) is -4.21. The number of ether oxygens (including phenoxy) is 1.